The number of hydrogen-bond donors (Lipinski definition) is 2. The Morgan fingerprint density at radius 2 is 1.83 bits per heavy atom. The van der Waals surface area contributed by atoms with E-state index in [2.05, 4.69) is 24.5 Å². The molecule has 0 bridgehead atoms. The van der Waals surface area contributed by atoms with Gasteiger partial charge in [0.1, 0.15) is 0 Å². The van der Waals surface area contributed by atoms with Crippen LogP contribution >= 0.6 is 11.8 Å². The van der Waals surface area contributed by atoms with Crippen LogP contribution < -0.4 is 10.6 Å². The number of carbonyl (C=O) groups excluding carboxylic acids is 2. The molecule has 0 saturated heterocycles. The molecule has 29 heavy (non-hydrogen) atoms. The molecule has 1 atom stereocenters. The molecule has 2 aromatic rings. The molecule has 1 aliphatic heterocycles. The Bertz CT molecular complexity index is 1030. The summed E-state index contributed by atoms with van der Waals surface area (Å²) in [7, 11) is -3.69. The van der Waals surface area contributed by atoms with Crippen LogP contribution in [0.15, 0.2) is 52.3 Å². The maximum absolute atomic E-state index is 12.8. The molecule has 2 N–H and O–H groups in total. The molecule has 0 saturated carbocycles. The van der Waals surface area contributed by atoms with E-state index >= 15 is 0 Å². The lowest BCUT2D eigenvalue weighted by molar-refractivity contribution is -0.118. The van der Waals surface area contributed by atoms with Gasteiger partial charge in [-0.25, -0.2) is 8.42 Å². The number of sulfone groups is 1. The van der Waals surface area contributed by atoms with Crippen LogP contribution in [0.25, 0.3) is 0 Å². The molecule has 2 aromatic carbocycles. The average Bonchev–Trinajstić information content (AvgIpc) is 2.67. The first-order valence-electron chi connectivity index (χ1n) is 9.36. The Morgan fingerprint density at radius 1 is 1.14 bits per heavy atom. The van der Waals surface area contributed by atoms with Crippen molar-refractivity contribution >= 4 is 44.8 Å². The normalized spacial score (nSPS) is 14.8. The van der Waals surface area contributed by atoms with E-state index in [-0.39, 0.29) is 22.5 Å². The Balaban J connectivity index is 1.68. The van der Waals surface area contributed by atoms with Gasteiger partial charge in [-0.3, -0.25) is 9.59 Å². The minimum Gasteiger partial charge on any atom is -0.326 e. The third-order valence-corrected chi connectivity index (χ3v) is 7.69. The number of rotatable bonds is 6. The summed E-state index contributed by atoms with van der Waals surface area (Å²) in [6.45, 7) is 5.77. The van der Waals surface area contributed by atoms with Crippen LogP contribution in [0.3, 0.4) is 0 Å². The molecule has 0 aliphatic carbocycles. The van der Waals surface area contributed by atoms with Crippen LogP contribution in [-0.4, -0.2) is 31.7 Å². The molecule has 1 aliphatic rings. The van der Waals surface area contributed by atoms with E-state index in [1.807, 2.05) is 24.3 Å². The highest BCUT2D eigenvalue weighted by Crippen LogP contribution is 2.33. The van der Waals surface area contributed by atoms with Crippen LogP contribution in [-0.2, 0) is 19.4 Å². The van der Waals surface area contributed by atoms with Crippen molar-refractivity contribution in [3.8, 4) is 0 Å². The maximum atomic E-state index is 12.8. The van der Waals surface area contributed by atoms with E-state index in [4.69, 9.17) is 0 Å². The summed E-state index contributed by atoms with van der Waals surface area (Å²) in [5, 5.41) is 5.46. The second-order valence-electron chi connectivity index (χ2n) is 7.44. The Labute approximate surface area is 175 Å². The molecule has 154 valence electrons. The van der Waals surface area contributed by atoms with Crippen LogP contribution in [0.4, 0.5) is 11.4 Å². The predicted octanol–water partition coefficient (Wildman–Crippen LogP) is 3.90. The monoisotopic (exact) mass is 432 g/mol. The summed E-state index contributed by atoms with van der Waals surface area (Å²) in [5.41, 5.74) is 2.29. The van der Waals surface area contributed by atoms with Crippen LogP contribution in [0, 0.1) is 5.92 Å². The van der Waals surface area contributed by atoms with Crippen molar-refractivity contribution in [1.29, 1.82) is 0 Å². The van der Waals surface area contributed by atoms with Crippen LogP contribution in [0.1, 0.15) is 32.3 Å². The van der Waals surface area contributed by atoms with Gasteiger partial charge in [-0.05, 0) is 41.8 Å². The Morgan fingerprint density at radius 3 is 2.48 bits per heavy atom. The number of hydrogen-bond acceptors (Lipinski definition) is 5. The van der Waals surface area contributed by atoms with Gasteiger partial charge in [-0.2, -0.15) is 0 Å². The number of carbonyl (C=O) groups is 2. The fraction of sp³-hybridized carbons (Fsp3) is 0.333. The smallest absolute Gasteiger partial charge is 0.234 e. The number of amides is 2. The minimum absolute atomic E-state index is 0.0972. The third-order valence-electron chi connectivity index (χ3n) is 4.70. The summed E-state index contributed by atoms with van der Waals surface area (Å²) in [6.07, 6.45) is 0. The SMILES string of the molecule is CC(C)c1ccc(NC(=O)[C@H](C)CS(=O)(=O)c2ccc3c(c2)NC(=O)CS3)cc1. The second-order valence-corrected chi connectivity index (χ2v) is 10.5. The van der Waals surface area contributed by atoms with Gasteiger partial charge in [-0.1, -0.05) is 32.9 Å². The minimum atomic E-state index is -3.69. The van der Waals surface area contributed by atoms with E-state index in [1.165, 1.54) is 23.9 Å². The molecule has 8 heteroatoms. The van der Waals surface area contributed by atoms with E-state index in [0.29, 0.717) is 23.0 Å². The molecule has 1 heterocycles. The average molecular weight is 433 g/mol. The topological polar surface area (TPSA) is 92.3 Å². The molecular formula is C21H24N2O4S2. The predicted molar refractivity (Wildman–Crippen MR) is 116 cm³/mol. The molecule has 3 rings (SSSR count). The van der Waals surface area contributed by atoms with Crippen molar-refractivity contribution in [2.75, 3.05) is 22.1 Å². The van der Waals surface area contributed by atoms with Gasteiger partial charge in [0.15, 0.2) is 9.84 Å². The molecule has 0 aromatic heterocycles. The van der Waals surface area contributed by atoms with Gasteiger partial charge in [-0.15, -0.1) is 11.8 Å². The molecule has 2 amide bonds. The van der Waals surface area contributed by atoms with Crippen molar-refractivity contribution < 1.29 is 18.0 Å². The molecule has 0 unspecified atom stereocenters. The summed E-state index contributed by atoms with van der Waals surface area (Å²) >= 11 is 1.37. The van der Waals surface area contributed by atoms with Gasteiger partial charge in [0.05, 0.1) is 22.1 Å². The van der Waals surface area contributed by atoms with Gasteiger partial charge in [0.25, 0.3) is 0 Å². The Hall–Kier alpha value is -2.32. The van der Waals surface area contributed by atoms with Gasteiger partial charge in [0.2, 0.25) is 11.8 Å². The van der Waals surface area contributed by atoms with Crippen LogP contribution in [0.5, 0.6) is 0 Å². The van der Waals surface area contributed by atoms with Crippen molar-refractivity contribution in [3.63, 3.8) is 0 Å². The quantitative estimate of drug-likeness (QED) is 0.722. The zero-order chi connectivity index (χ0) is 21.2. The lowest BCUT2D eigenvalue weighted by Crippen LogP contribution is -2.27. The van der Waals surface area contributed by atoms with E-state index < -0.39 is 15.8 Å². The van der Waals surface area contributed by atoms with Gasteiger partial charge < -0.3 is 10.6 Å². The zero-order valence-corrected chi connectivity index (χ0v) is 18.2. The maximum Gasteiger partial charge on any atom is 0.234 e. The highest BCUT2D eigenvalue weighted by atomic mass is 32.2. The largest absolute Gasteiger partial charge is 0.326 e. The molecular weight excluding hydrogens is 408 g/mol. The van der Waals surface area contributed by atoms with Gasteiger partial charge >= 0.3 is 0 Å². The van der Waals surface area contributed by atoms with E-state index in [0.717, 1.165) is 10.5 Å². The molecule has 0 fully saturated rings. The van der Waals surface area contributed by atoms with Crippen molar-refractivity contribution in [2.24, 2.45) is 5.92 Å². The summed E-state index contributed by atoms with van der Waals surface area (Å²) in [5.74, 6) is -0.855. The number of anilines is 2. The van der Waals surface area contributed by atoms with Crippen molar-refractivity contribution in [1.82, 2.24) is 0 Å². The van der Waals surface area contributed by atoms with Gasteiger partial charge in [0, 0.05) is 16.5 Å². The van der Waals surface area contributed by atoms with Crippen molar-refractivity contribution in [3.05, 3.63) is 48.0 Å². The number of thioether (sulfide) groups is 1. The summed E-state index contributed by atoms with van der Waals surface area (Å²) < 4.78 is 25.6. The fourth-order valence-corrected chi connectivity index (χ4v) is 5.34. The number of fused-ring (bicyclic) bond motifs is 1. The number of nitrogens with one attached hydrogen (secondary N) is 2. The van der Waals surface area contributed by atoms with E-state index in [9.17, 15) is 18.0 Å². The summed E-state index contributed by atoms with van der Waals surface area (Å²) in [6, 6.07) is 12.2. The first-order chi connectivity index (χ1) is 13.7. The lowest BCUT2D eigenvalue weighted by atomic mass is 10.0. The third kappa shape index (κ3) is 5.19. The second kappa shape index (κ2) is 8.59. The molecule has 0 spiro atoms. The Kier molecular flexibility index (Phi) is 6.33. The highest BCUT2D eigenvalue weighted by Gasteiger charge is 2.25. The highest BCUT2D eigenvalue weighted by molar-refractivity contribution is 8.00. The molecule has 0 radical (unpaired) electrons. The zero-order valence-electron chi connectivity index (χ0n) is 16.6. The standard InChI is InChI=1S/C21H24N2O4S2/c1-13(2)15-4-6-16(7-5-15)22-21(25)14(3)12-29(26,27)17-8-9-19-18(10-17)23-20(24)11-28-19/h4-10,13-14H,11-12H2,1-3H3,(H,22,25)(H,23,24)/t14-/m1/s1. The first kappa shape index (κ1) is 21.4. The summed E-state index contributed by atoms with van der Waals surface area (Å²) in [4.78, 5) is 25.0. The van der Waals surface area contributed by atoms with Crippen LogP contribution in [0.2, 0.25) is 0 Å². The molecule has 6 nitrogen and oxygen atoms in total. The fourth-order valence-electron chi connectivity index (χ4n) is 2.97. The van der Waals surface area contributed by atoms with Crippen molar-refractivity contribution in [2.45, 2.75) is 36.5 Å². The lowest BCUT2D eigenvalue weighted by Gasteiger charge is -2.18. The van der Waals surface area contributed by atoms with E-state index in [1.54, 1.807) is 13.0 Å². The first-order valence-corrected chi connectivity index (χ1v) is 12.0. The number of benzene rings is 2.